The van der Waals surface area contributed by atoms with E-state index in [9.17, 15) is 9.59 Å². The Hall–Kier alpha value is -3.90. The molecule has 0 unspecified atom stereocenters. The minimum Gasteiger partial charge on any atom is -0.452 e. The van der Waals surface area contributed by atoms with Gasteiger partial charge in [-0.1, -0.05) is 78.3 Å². The summed E-state index contributed by atoms with van der Waals surface area (Å²) in [6, 6.07) is 26.4. The number of carbonyl (C=O) groups excluding carboxylic acids is 2. The maximum Gasteiger partial charge on any atom is 0.343 e. The van der Waals surface area contributed by atoms with Gasteiger partial charge in [0.1, 0.15) is 10.7 Å². The van der Waals surface area contributed by atoms with Crippen LogP contribution in [0.3, 0.4) is 0 Å². The van der Waals surface area contributed by atoms with Crippen molar-refractivity contribution in [3.8, 4) is 16.8 Å². The van der Waals surface area contributed by atoms with Gasteiger partial charge in [-0.15, -0.1) is 0 Å². The van der Waals surface area contributed by atoms with E-state index in [1.165, 1.54) is 4.68 Å². The van der Waals surface area contributed by atoms with Crippen molar-refractivity contribution in [3.05, 3.63) is 101 Å². The van der Waals surface area contributed by atoms with Crippen LogP contribution < -0.4 is 5.32 Å². The highest BCUT2D eigenvalue weighted by atomic mass is 35.5. The molecule has 0 aliphatic heterocycles. The fraction of sp³-hybridized carbons (Fsp3) is 0.0800. The molecule has 1 aromatic heterocycles. The Bertz CT molecular complexity index is 1250. The quantitative estimate of drug-likeness (QED) is 0.409. The third-order valence-corrected chi connectivity index (χ3v) is 5.18. The lowest BCUT2D eigenvalue weighted by molar-refractivity contribution is -0.119. The highest BCUT2D eigenvalue weighted by Crippen LogP contribution is 2.28. The Kier molecular flexibility index (Phi) is 6.33. The van der Waals surface area contributed by atoms with Crippen LogP contribution in [-0.2, 0) is 9.53 Å². The van der Waals surface area contributed by atoms with Crippen molar-refractivity contribution in [2.45, 2.75) is 6.92 Å². The molecule has 4 aromatic rings. The number of carbonyl (C=O) groups is 2. The summed E-state index contributed by atoms with van der Waals surface area (Å²) in [6.45, 7) is 1.21. The van der Waals surface area contributed by atoms with Crippen LogP contribution in [0.15, 0.2) is 84.9 Å². The molecule has 3 aromatic carbocycles. The number of anilines is 1. The van der Waals surface area contributed by atoms with E-state index in [-0.39, 0.29) is 10.7 Å². The molecule has 0 aliphatic rings. The molecule has 6 nitrogen and oxygen atoms in total. The van der Waals surface area contributed by atoms with Crippen molar-refractivity contribution in [1.29, 1.82) is 0 Å². The number of amides is 1. The van der Waals surface area contributed by atoms with Crippen LogP contribution in [0.2, 0.25) is 5.15 Å². The summed E-state index contributed by atoms with van der Waals surface area (Å²) < 4.78 is 6.69. The summed E-state index contributed by atoms with van der Waals surface area (Å²) in [7, 11) is 0. The van der Waals surface area contributed by atoms with Crippen LogP contribution in [-0.4, -0.2) is 28.3 Å². The molecule has 4 rings (SSSR count). The second-order valence-electron chi connectivity index (χ2n) is 7.03. The minimum absolute atomic E-state index is 0.132. The fourth-order valence-corrected chi connectivity index (χ4v) is 3.67. The highest BCUT2D eigenvalue weighted by Gasteiger charge is 2.23. The molecule has 32 heavy (non-hydrogen) atoms. The van der Waals surface area contributed by atoms with Crippen molar-refractivity contribution in [1.82, 2.24) is 9.78 Å². The summed E-state index contributed by atoms with van der Waals surface area (Å²) in [6.07, 6.45) is 0. The molecule has 1 amide bonds. The van der Waals surface area contributed by atoms with Crippen molar-refractivity contribution >= 4 is 29.2 Å². The van der Waals surface area contributed by atoms with E-state index >= 15 is 0 Å². The second-order valence-corrected chi connectivity index (χ2v) is 7.39. The molecule has 7 heteroatoms. The zero-order valence-electron chi connectivity index (χ0n) is 17.3. The molecule has 0 bridgehead atoms. The van der Waals surface area contributed by atoms with Gasteiger partial charge in [-0.2, -0.15) is 5.10 Å². The number of aryl methyl sites for hydroxylation is 1. The SMILES string of the molecule is Cc1nn(-c2ccccc2)c(Cl)c1C(=O)OCC(=O)Nc1ccccc1-c1ccccc1. The number of aromatic nitrogens is 2. The van der Waals surface area contributed by atoms with Crippen molar-refractivity contribution in [2.24, 2.45) is 0 Å². The lowest BCUT2D eigenvalue weighted by Crippen LogP contribution is -2.21. The van der Waals surface area contributed by atoms with E-state index < -0.39 is 18.5 Å². The van der Waals surface area contributed by atoms with Gasteiger partial charge in [0.25, 0.3) is 5.91 Å². The highest BCUT2D eigenvalue weighted by molar-refractivity contribution is 6.33. The van der Waals surface area contributed by atoms with Crippen LogP contribution in [0.25, 0.3) is 16.8 Å². The number of esters is 1. The maximum atomic E-state index is 12.6. The number of rotatable bonds is 6. The number of benzene rings is 3. The predicted molar refractivity (Wildman–Crippen MR) is 124 cm³/mol. The lowest BCUT2D eigenvalue weighted by Gasteiger charge is -2.11. The number of nitrogens with one attached hydrogen (secondary N) is 1. The Morgan fingerprint density at radius 2 is 1.56 bits per heavy atom. The van der Waals surface area contributed by atoms with Gasteiger partial charge in [0, 0.05) is 11.3 Å². The molecule has 0 fully saturated rings. The molecule has 0 saturated heterocycles. The summed E-state index contributed by atoms with van der Waals surface area (Å²) in [5, 5.41) is 7.26. The molecule has 0 aliphatic carbocycles. The molecule has 1 heterocycles. The van der Waals surface area contributed by atoms with Gasteiger partial charge in [-0.05, 0) is 30.7 Å². The van der Waals surface area contributed by atoms with Gasteiger partial charge in [-0.3, -0.25) is 4.79 Å². The Morgan fingerprint density at radius 1 is 0.938 bits per heavy atom. The number of hydrogen-bond donors (Lipinski definition) is 1. The van der Waals surface area contributed by atoms with Crippen molar-refractivity contribution < 1.29 is 14.3 Å². The van der Waals surface area contributed by atoms with Gasteiger partial charge < -0.3 is 10.1 Å². The molecular formula is C25H20ClN3O3. The number of hydrogen-bond acceptors (Lipinski definition) is 4. The average molecular weight is 446 g/mol. The van der Waals surface area contributed by atoms with E-state index in [0.717, 1.165) is 16.8 Å². The summed E-state index contributed by atoms with van der Waals surface area (Å²) in [4.78, 5) is 25.1. The zero-order valence-corrected chi connectivity index (χ0v) is 18.0. The molecule has 1 N–H and O–H groups in total. The van der Waals surface area contributed by atoms with Crippen LogP contribution in [0.4, 0.5) is 5.69 Å². The van der Waals surface area contributed by atoms with E-state index in [0.29, 0.717) is 11.4 Å². The Labute approximate surface area is 190 Å². The third kappa shape index (κ3) is 4.55. The smallest absolute Gasteiger partial charge is 0.343 e. The van der Waals surface area contributed by atoms with Gasteiger partial charge in [-0.25, -0.2) is 9.48 Å². The maximum absolute atomic E-state index is 12.6. The van der Waals surface area contributed by atoms with E-state index in [2.05, 4.69) is 10.4 Å². The number of para-hydroxylation sites is 2. The molecule has 0 saturated carbocycles. The summed E-state index contributed by atoms with van der Waals surface area (Å²) >= 11 is 6.39. The third-order valence-electron chi connectivity index (χ3n) is 4.83. The van der Waals surface area contributed by atoms with Gasteiger partial charge >= 0.3 is 5.97 Å². The van der Waals surface area contributed by atoms with Gasteiger partial charge in [0.05, 0.1) is 11.4 Å². The largest absolute Gasteiger partial charge is 0.452 e. The van der Waals surface area contributed by atoms with Crippen LogP contribution in [0.1, 0.15) is 16.1 Å². The standard InChI is InChI=1S/C25H20ClN3O3/c1-17-23(24(26)29(28-17)19-12-6-3-7-13-19)25(31)32-16-22(30)27-21-15-9-8-14-20(21)18-10-4-2-5-11-18/h2-15H,16H2,1H3,(H,27,30). The predicted octanol–water partition coefficient (Wildman–Crippen LogP) is 5.30. The van der Waals surface area contributed by atoms with E-state index in [1.807, 2.05) is 78.9 Å². The first-order valence-corrected chi connectivity index (χ1v) is 10.3. The first-order chi connectivity index (χ1) is 15.5. The Balaban J connectivity index is 1.45. The van der Waals surface area contributed by atoms with Crippen molar-refractivity contribution in [3.63, 3.8) is 0 Å². The van der Waals surface area contributed by atoms with Crippen LogP contribution in [0, 0.1) is 6.92 Å². The number of nitrogens with zero attached hydrogens (tertiary/aromatic N) is 2. The molecule has 0 radical (unpaired) electrons. The summed E-state index contributed by atoms with van der Waals surface area (Å²) in [5.41, 5.74) is 3.74. The zero-order chi connectivity index (χ0) is 22.5. The summed E-state index contributed by atoms with van der Waals surface area (Å²) in [5.74, 6) is -1.16. The van der Waals surface area contributed by atoms with E-state index in [1.54, 1.807) is 13.0 Å². The minimum atomic E-state index is -0.707. The number of ether oxygens (including phenoxy) is 1. The van der Waals surface area contributed by atoms with Crippen LogP contribution in [0.5, 0.6) is 0 Å². The van der Waals surface area contributed by atoms with E-state index in [4.69, 9.17) is 16.3 Å². The number of halogens is 1. The van der Waals surface area contributed by atoms with Gasteiger partial charge in [0.2, 0.25) is 0 Å². The molecular weight excluding hydrogens is 426 g/mol. The molecule has 0 atom stereocenters. The lowest BCUT2D eigenvalue weighted by atomic mass is 10.0. The van der Waals surface area contributed by atoms with Crippen LogP contribution >= 0.6 is 11.6 Å². The normalized spacial score (nSPS) is 10.6. The first kappa shape index (κ1) is 21.3. The Morgan fingerprint density at radius 3 is 2.28 bits per heavy atom. The average Bonchev–Trinajstić information content (AvgIpc) is 3.13. The van der Waals surface area contributed by atoms with Crippen molar-refractivity contribution in [2.75, 3.05) is 11.9 Å². The molecule has 160 valence electrons. The van der Waals surface area contributed by atoms with Gasteiger partial charge in [0.15, 0.2) is 6.61 Å². The topological polar surface area (TPSA) is 73.2 Å². The second kappa shape index (κ2) is 9.49. The fourth-order valence-electron chi connectivity index (χ4n) is 3.32. The monoisotopic (exact) mass is 445 g/mol. The first-order valence-electron chi connectivity index (χ1n) is 9.96. The molecule has 0 spiro atoms.